The van der Waals surface area contributed by atoms with Crippen molar-refractivity contribution < 1.29 is 27.9 Å². The van der Waals surface area contributed by atoms with Crippen LogP contribution >= 0.6 is 22.9 Å². The molecule has 2 aliphatic rings. The molecule has 1 aliphatic heterocycles. The molecule has 5 rings (SSSR count). The molecule has 194 valence electrons. The Bertz CT molecular complexity index is 1420. The average Bonchev–Trinajstić information content (AvgIpc) is 3.29. The summed E-state index contributed by atoms with van der Waals surface area (Å²) in [4.78, 5) is 26.0. The van der Waals surface area contributed by atoms with Gasteiger partial charge in [0.15, 0.2) is 0 Å². The maximum Gasteiger partial charge on any atom is 0.325 e. The van der Waals surface area contributed by atoms with Gasteiger partial charge in [0.25, 0.3) is 10.0 Å². The summed E-state index contributed by atoms with van der Waals surface area (Å²) in [5.74, 6) is -1.63. The van der Waals surface area contributed by atoms with Crippen LogP contribution in [0.2, 0.25) is 5.02 Å². The molecule has 1 amide bonds. The Labute approximate surface area is 223 Å². The molecule has 1 aromatic heterocycles. The van der Waals surface area contributed by atoms with Crippen LogP contribution in [0.25, 0.3) is 10.4 Å². The molecule has 3 aromatic rings. The van der Waals surface area contributed by atoms with Crippen molar-refractivity contribution >= 4 is 44.8 Å². The molecule has 37 heavy (non-hydrogen) atoms. The lowest BCUT2D eigenvalue weighted by Gasteiger charge is -2.25. The second kappa shape index (κ2) is 9.85. The zero-order valence-corrected chi connectivity index (χ0v) is 22.0. The molecule has 3 N–H and O–H groups in total. The zero-order valence-electron chi connectivity index (χ0n) is 19.6. The Balaban J connectivity index is 1.44. The van der Waals surface area contributed by atoms with Gasteiger partial charge in [-0.15, -0.1) is 11.3 Å². The third-order valence-electron chi connectivity index (χ3n) is 7.02. The number of halogens is 1. The zero-order chi connectivity index (χ0) is 26.3. The predicted octanol–water partition coefficient (Wildman–Crippen LogP) is 3.81. The summed E-state index contributed by atoms with van der Waals surface area (Å²) >= 11 is 6.99. The first-order valence-electron chi connectivity index (χ1n) is 11.7. The van der Waals surface area contributed by atoms with Crippen LogP contribution in [0.5, 0.6) is 0 Å². The number of carboxylic acids is 1. The van der Waals surface area contributed by atoms with Gasteiger partial charge in [-0.25, -0.2) is 8.42 Å². The van der Waals surface area contributed by atoms with Crippen molar-refractivity contribution in [1.29, 1.82) is 0 Å². The average molecular weight is 561 g/mol. The number of carbonyl (C=O) groups is 2. The Kier molecular flexibility index (Phi) is 6.88. The van der Waals surface area contributed by atoms with E-state index in [0.717, 1.165) is 23.3 Å². The second-order valence-corrected chi connectivity index (χ2v) is 12.7. The molecule has 0 unspecified atom stereocenters. The summed E-state index contributed by atoms with van der Waals surface area (Å²) in [7, 11) is -4.20. The van der Waals surface area contributed by atoms with Crippen molar-refractivity contribution in [3.8, 4) is 10.4 Å². The van der Waals surface area contributed by atoms with Crippen molar-refractivity contribution in [2.45, 2.75) is 40.5 Å². The first-order chi connectivity index (χ1) is 17.7. The van der Waals surface area contributed by atoms with Crippen molar-refractivity contribution in [3.63, 3.8) is 0 Å². The molecule has 11 heteroatoms. The summed E-state index contributed by atoms with van der Waals surface area (Å²) in [6, 6.07) is 18.9. The van der Waals surface area contributed by atoms with Crippen LogP contribution in [-0.2, 0) is 29.8 Å². The van der Waals surface area contributed by atoms with Gasteiger partial charge in [0.05, 0.1) is 0 Å². The van der Waals surface area contributed by atoms with Crippen LogP contribution in [0.4, 0.5) is 0 Å². The van der Waals surface area contributed by atoms with Gasteiger partial charge in [-0.1, -0.05) is 54.1 Å². The predicted molar refractivity (Wildman–Crippen MR) is 140 cm³/mol. The number of thiophene rings is 1. The van der Waals surface area contributed by atoms with Gasteiger partial charge in [0.2, 0.25) is 5.91 Å². The number of nitrogens with one attached hydrogen (secondary N) is 2. The third kappa shape index (κ3) is 4.80. The van der Waals surface area contributed by atoms with Crippen molar-refractivity contribution in [2.75, 3.05) is 13.2 Å². The number of rotatable bonds is 9. The molecule has 1 saturated heterocycles. The number of ether oxygens (including phenoxy) is 1. The Morgan fingerprint density at radius 2 is 1.81 bits per heavy atom. The molecule has 1 aliphatic carbocycles. The molecule has 2 aromatic carbocycles. The lowest BCUT2D eigenvalue weighted by atomic mass is 9.90. The van der Waals surface area contributed by atoms with E-state index in [1.807, 2.05) is 0 Å². The van der Waals surface area contributed by atoms with Gasteiger partial charge in [-0.3, -0.25) is 9.59 Å². The van der Waals surface area contributed by atoms with Gasteiger partial charge in [-0.2, -0.15) is 4.72 Å². The van der Waals surface area contributed by atoms with E-state index < -0.39 is 33.1 Å². The Hall–Kier alpha value is -2.76. The van der Waals surface area contributed by atoms with E-state index in [9.17, 15) is 23.1 Å². The molecule has 0 bridgehead atoms. The minimum atomic E-state index is -4.20. The summed E-state index contributed by atoms with van der Waals surface area (Å²) in [5.41, 5.74) is -1.58. The highest BCUT2D eigenvalue weighted by molar-refractivity contribution is 7.91. The highest BCUT2D eigenvalue weighted by Gasteiger charge is 2.75. The van der Waals surface area contributed by atoms with Gasteiger partial charge in [0.1, 0.15) is 15.9 Å². The summed E-state index contributed by atoms with van der Waals surface area (Å²) < 4.78 is 34.9. The highest BCUT2D eigenvalue weighted by Crippen LogP contribution is 2.58. The summed E-state index contributed by atoms with van der Waals surface area (Å²) in [6.45, 7) is 0.449. The topological polar surface area (TPSA) is 122 Å². The first-order valence-corrected chi connectivity index (χ1v) is 14.4. The molecular weight excluding hydrogens is 536 g/mol. The normalized spacial score (nSPS) is 25.1. The standard InChI is InChI=1S/C26H25ClN2O6S2/c27-19-10-8-17(9-11-19)21-12-13-22(36-21)37(33,34)29-26(24(31)32)15-25(26,18-5-2-1-3-6-18)16-28-23(30)20-7-4-14-35-20/h1-3,5-6,8-13,20,29H,4,7,14-16H2,(H,28,30)(H,31,32)/t20-,25+,26-/m0/s1. The fourth-order valence-corrected chi connectivity index (χ4v) is 7.80. The molecular formula is C26H25ClN2O6S2. The SMILES string of the molecule is O=C(NC[C@@]1(c2ccccc2)C[C@]1(NS(=O)(=O)c1ccc(-c2ccc(Cl)cc2)s1)C(=O)O)[C@@H]1CCCO1. The number of benzene rings is 2. The molecule has 2 heterocycles. The van der Waals surface area contributed by atoms with E-state index in [-0.39, 0.29) is 23.1 Å². The van der Waals surface area contributed by atoms with Crippen LogP contribution in [-0.4, -0.2) is 50.2 Å². The van der Waals surface area contributed by atoms with Crippen molar-refractivity contribution in [2.24, 2.45) is 0 Å². The van der Waals surface area contributed by atoms with Crippen LogP contribution < -0.4 is 10.0 Å². The number of hydrogen-bond acceptors (Lipinski definition) is 6. The van der Waals surface area contributed by atoms with Gasteiger partial charge in [0, 0.05) is 28.5 Å². The maximum atomic E-state index is 13.5. The minimum absolute atomic E-state index is 0.00433. The van der Waals surface area contributed by atoms with E-state index in [2.05, 4.69) is 10.0 Å². The van der Waals surface area contributed by atoms with Crippen LogP contribution in [0, 0.1) is 0 Å². The monoisotopic (exact) mass is 560 g/mol. The molecule has 2 fully saturated rings. The summed E-state index contributed by atoms with van der Waals surface area (Å²) in [5, 5.41) is 13.7. The fraction of sp³-hybridized carbons (Fsp3) is 0.308. The number of carboxylic acid groups (broad SMARTS) is 1. The number of aliphatic carboxylic acids is 1. The van der Waals surface area contributed by atoms with Crippen molar-refractivity contribution in [1.82, 2.24) is 10.0 Å². The first kappa shape index (κ1) is 25.9. The Morgan fingerprint density at radius 1 is 1.08 bits per heavy atom. The van der Waals surface area contributed by atoms with Gasteiger partial charge < -0.3 is 15.2 Å². The minimum Gasteiger partial charge on any atom is -0.480 e. The van der Waals surface area contributed by atoms with E-state index in [1.54, 1.807) is 60.7 Å². The number of amides is 1. The molecule has 0 spiro atoms. The van der Waals surface area contributed by atoms with Gasteiger partial charge >= 0.3 is 5.97 Å². The fourth-order valence-electron chi connectivity index (χ4n) is 4.94. The van der Waals surface area contributed by atoms with Gasteiger partial charge in [-0.05, 0) is 54.7 Å². The third-order valence-corrected chi connectivity index (χ3v) is 10.4. The lowest BCUT2D eigenvalue weighted by Crippen LogP contribution is -2.52. The molecule has 8 nitrogen and oxygen atoms in total. The smallest absolute Gasteiger partial charge is 0.325 e. The molecule has 3 atom stereocenters. The largest absolute Gasteiger partial charge is 0.480 e. The number of sulfonamides is 1. The lowest BCUT2D eigenvalue weighted by molar-refractivity contribution is -0.141. The number of carbonyl (C=O) groups excluding carboxylic acids is 1. The van der Waals surface area contributed by atoms with E-state index >= 15 is 0 Å². The number of hydrogen-bond donors (Lipinski definition) is 3. The van der Waals surface area contributed by atoms with E-state index in [4.69, 9.17) is 16.3 Å². The van der Waals surface area contributed by atoms with Crippen LogP contribution in [0.15, 0.2) is 70.9 Å². The highest BCUT2D eigenvalue weighted by atomic mass is 35.5. The van der Waals surface area contributed by atoms with Crippen molar-refractivity contribution in [3.05, 3.63) is 77.3 Å². The molecule has 1 saturated carbocycles. The molecule has 0 radical (unpaired) electrons. The van der Waals surface area contributed by atoms with Crippen LogP contribution in [0.3, 0.4) is 0 Å². The Morgan fingerprint density at radius 3 is 2.46 bits per heavy atom. The second-order valence-electron chi connectivity index (χ2n) is 9.29. The quantitative estimate of drug-likeness (QED) is 0.366. The van der Waals surface area contributed by atoms with E-state index in [0.29, 0.717) is 28.5 Å². The van der Waals surface area contributed by atoms with Crippen LogP contribution in [0.1, 0.15) is 24.8 Å². The van der Waals surface area contributed by atoms with E-state index in [1.165, 1.54) is 6.07 Å². The maximum absolute atomic E-state index is 13.5. The summed E-state index contributed by atoms with van der Waals surface area (Å²) in [6.07, 6.45) is 0.772.